The smallest absolute Gasteiger partial charge is 0.266 e. The highest BCUT2D eigenvalue weighted by Gasteiger charge is 2.23. The second kappa shape index (κ2) is 10.4. The number of nitrogens with one attached hydrogen (secondary N) is 2. The van der Waals surface area contributed by atoms with Gasteiger partial charge in [0.05, 0.1) is 5.69 Å². The molecular weight excluding hydrogens is 448 g/mol. The molecule has 1 aromatic heterocycles. The van der Waals surface area contributed by atoms with Gasteiger partial charge in [-0.25, -0.2) is 4.98 Å². The first kappa shape index (κ1) is 23.4. The molecule has 7 nitrogen and oxygen atoms in total. The molecule has 0 spiro atoms. The summed E-state index contributed by atoms with van der Waals surface area (Å²) >= 11 is 7.24. The summed E-state index contributed by atoms with van der Waals surface area (Å²) in [4.78, 5) is 43.2. The number of hydrogen-bond donors (Lipinski definition) is 2. The highest BCUT2D eigenvalue weighted by Crippen LogP contribution is 2.29. The third kappa shape index (κ3) is 5.93. The number of anilines is 2. The molecule has 0 unspecified atom stereocenters. The van der Waals surface area contributed by atoms with Crippen molar-refractivity contribution in [1.82, 2.24) is 9.88 Å². The number of aromatic nitrogens is 1. The van der Waals surface area contributed by atoms with Crippen LogP contribution >= 0.6 is 22.9 Å². The number of halogens is 1. The molecule has 166 valence electrons. The van der Waals surface area contributed by atoms with Gasteiger partial charge in [0.2, 0.25) is 11.8 Å². The van der Waals surface area contributed by atoms with Crippen molar-refractivity contribution in [3.63, 3.8) is 0 Å². The Morgan fingerprint density at radius 1 is 1.00 bits per heavy atom. The summed E-state index contributed by atoms with van der Waals surface area (Å²) in [6.07, 6.45) is 0. The van der Waals surface area contributed by atoms with Crippen LogP contribution in [0.2, 0.25) is 5.02 Å². The molecule has 0 saturated carbocycles. The lowest BCUT2D eigenvalue weighted by molar-refractivity contribution is -0.117. The predicted octanol–water partition coefficient (Wildman–Crippen LogP) is 4.83. The van der Waals surface area contributed by atoms with Crippen molar-refractivity contribution in [2.24, 2.45) is 0 Å². The van der Waals surface area contributed by atoms with Crippen LogP contribution in [0, 0.1) is 6.92 Å². The number of carbonyl (C=O) groups is 3. The van der Waals surface area contributed by atoms with Gasteiger partial charge in [-0.1, -0.05) is 23.7 Å². The second-order valence-electron chi connectivity index (χ2n) is 7.07. The molecule has 0 aliphatic heterocycles. The molecule has 0 radical (unpaired) electrons. The fourth-order valence-electron chi connectivity index (χ4n) is 3.00. The molecule has 1 heterocycles. The quantitative estimate of drug-likeness (QED) is 0.517. The van der Waals surface area contributed by atoms with Crippen LogP contribution in [0.4, 0.5) is 11.4 Å². The maximum atomic E-state index is 13.1. The van der Waals surface area contributed by atoms with E-state index in [1.54, 1.807) is 43.3 Å². The largest absolute Gasteiger partial charge is 0.329 e. The Morgan fingerprint density at radius 3 is 2.16 bits per heavy atom. The van der Waals surface area contributed by atoms with Crippen LogP contribution in [0.15, 0.2) is 48.5 Å². The zero-order valence-electron chi connectivity index (χ0n) is 17.9. The molecule has 9 heteroatoms. The lowest BCUT2D eigenvalue weighted by Crippen LogP contribution is -2.37. The Kier molecular flexibility index (Phi) is 7.61. The van der Waals surface area contributed by atoms with E-state index in [0.29, 0.717) is 33.5 Å². The van der Waals surface area contributed by atoms with Gasteiger partial charge < -0.3 is 15.5 Å². The molecule has 32 heavy (non-hydrogen) atoms. The van der Waals surface area contributed by atoms with Crippen LogP contribution in [-0.4, -0.2) is 40.7 Å². The van der Waals surface area contributed by atoms with Crippen molar-refractivity contribution in [3.05, 3.63) is 64.1 Å². The van der Waals surface area contributed by atoms with Crippen molar-refractivity contribution in [1.29, 1.82) is 0 Å². The molecule has 0 saturated heterocycles. The van der Waals surface area contributed by atoms with E-state index in [1.165, 1.54) is 23.2 Å². The molecule has 0 aliphatic rings. The molecule has 2 N–H and O–H groups in total. The summed E-state index contributed by atoms with van der Waals surface area (Å²) in [6.45, 7) is 5.32. The lowest BCUT2D eigenvalue weighted by atomic mass is 10.2. The number of amides is 3. The number of thiazole rings is 1. The van der Waals surface area contributed by atoms with E-state index in [9.17, 15) is 14.4 Å². The van der Waals surface area contributed by atoms with E-state index < -0.39 is 0 Å². The van der Waals surface area contributed by atoms with E-state index >= 15 is 0 Å². The van der Waals surface area contributed by atoms with E-state index in [4.69, 9.17) is 11.6 Å². The average Bonchev–Trinajstić information content (AvgIpc) is 3.14. The van der Waals surface area contributed by atoms with Gasteiger partial charge in [-0.3, -0.25) is 14.4 Å². The van der Waals surface area contributed by atoms with Gasteiger partial charge in [0.1, 0.15) is 16.4 Å². The maximum Gasteiger partial charge on any atom is 0.266 e. The van der Waals surface area contributed by atoms with Gasteiger partial charge in [0.15, 0.2) is 0 Å². The molecule has 0 atom stereocenters. The molecule has 3 aromatic rings. The first-order valence-electron chi connectivity index (χ1n) is 9.97. The van der Waals surface area contributed by atoms with Crippen molar-refractivity contribution in [2.45, 2.75) is 20.8 Å². The fourth-order valence-corrected chi connectivity index (χ4v) is 4.16. The standard InChI is InChI=1S/C23H23ClN4O3S/c1-4-28(13-20(30)27-19-11-9-18(10-12-19)26-15(3)29)23(31)21-14(2)25-22(32-21)16-5-7-17(24)8-6-16/h5-12H,4,13H2,1-3H3,(H,26,29)(H,27,30). The first-order valence-corrected chi connectivity index (χ1v) is 11.2. The van der Waals surface area contributed by atoms with Gasteiger partial charge in [-0.05, 0) is 50.2 Å². The zero-order chi connectivity index (χ0) is 23.3. The SMILES string of the molecule is CCN(CC(=O)Nc1ccc(NC(C)=O)cc1)C(=O)c1sc(-c2ccc(Cl)cc2)nc1C. The number of nitrogens with zero attached hydrogens (tertiary/aromatic N) is 2. The fraction of sp³-hybridized carbons (Fsp3) is 0.217. The molecule has 0 aliphatic carbocycles. The van der Waals surface area contributed by atoms with Crippen molar-refractivity contribution in [2.75, 3.05) is 23.7 Å². The highest BCUT2D eigenvalue weighted by atomic mass is 35.5. The highest BCUT2D eigenvalue weighted by molar-refractivity contribution is 7.17. The second-order valence-corrected chi connectivity index (χ2v) is 8.50. The molecule has 0 bridgehead atoms. The summed E-state index contributed by atoms with van der Waals surface area (Å²) in [5.74, 6) is -0.720. The monoisotopic (exact) mass is 470 g/mol. The minimum atomic E-state index is -0.312. The van der Waals surface area contributed by atoms with E-state index in [2.05, 4.69) is 15.6 Å². The van der Waals surface area contributed by atoms with Gasteiger partial charge in [-0.15, -0.1) is 11.3 Å². The van der Waals surface area contributed by atoms with Gasteiger partial charge in [0.25, 0.3) is 5.91 Å². The van der Waals surface area contributed by atoms with E-state index in [-0.39, 0.29) is 24.3 Å². The lowest BCUT2D eigenvalue weighted by Gasteiger charge is -2.20. The summed E-state index contributed by atoms with van der Waals surface area (Å²) in [5, 5.41) is 6.80. The summed E-state index contributed by atoms with van der Waals surface area (Å²) in [5.41, 5.74) is 2.71. The number of carbonyl (C=O) groups excluding carboxylic acids is 3. The van der Waals surface area contributed by atoms with Gasteiger partial charge in [0, 0.05) is 35.4 Å². The van der Waals surface area contributed by atoms with Crippen molar-refractivity contribution in [3.8, 4) is 10.6 Å². The summed E-state index contributed by atoms with van der Waals surface area (Å²) < 4.78 is 0. The Labute approximate surface area is 195 Å². The topological polar surface area (TPSA) is 91.4 Å². The van der Waals surface area contributed by atoms with Gasteiger partial charge in [-0.2, -0.15) is 0 Å². The zero-order valence-corrected chi connectivity index (χ0v) is 19.5. The van der Waals surface area contributed by atoms with Crippen LogP contribution in [0.25, 0.3) is 10.6 Å². The minimum Gasteiger partial charge on any atom is -0.329 e. The van der Waals surface area contributed by atoms with Crippen LogP contribution in [0.1, 0.15) is 29.2 Å². The van der Waals surface area contributed by atoms with Crippen LogP contribution in [-0.2, 0) is 9.59 Å². The number of hydrogen-bond acceptors (Lipinski definition) is 5. The molecule has 0 fully saturated rings. The van der Waals surface area contributed by atoms with Gasteiger partial charge >= 0.3 is 0 Å². The molecule has 2 aromatic carbocycles. The Balaban J connectivity index is 1.67. The molecule has 3 amide bonds. The van der Waals surface area contributed by atoms with Crippen molar-refractivity contribution < 1.29 is 14.4 Å². The maximum absolute atomic E-state index is 13.1. The van der Waals surface area contributed by atoms with Crippen LogP contribution in [0.3, 0.4) is 0 Å². The number of rotatable bonds is 7. The normalized spacial score (nSPS) is 10.5. The number of aryl methyl sites for hydroxylation is 1. The number of likely N-dealkylation sites (N-methyl/N-ethyl adjacent to an activating group) is 1. The van der Waals surface area contributed by atoms with Crippen LogP contribution < -0.4 is 10.6 Å². The third-order valence-corrected chi connectivity index (χ3v) is 6.02. The average molecular weight is 471 g/mol. The Morgan fingerprint density at radius 2 is 1.59 bits per heavy atom. The van der Waals surface area contributed by atoms with E-state index in [1.807, 2.05) is 19.1 Å². The third-order valence-electron chi connectivity index (χ3n) is 4.57. The Hall–Kier alpha value is -3.23. The van der Waals surface area contributed by atoms with Crippen LogP contribution in [0.5, 0.6) is 0 Å². The molecular formula is C23H23ClN4O3S. The molecule has 3 rings (SSSR count). The number of benzene rings is 2. The Bertz CT molecular complexity index is 1130. The predicted molar refractivity (Wildman–Crippen MR) is 128 cm³/mol. The summed E-state index contributed by atoms with van der Waals surface area (Å²) in [7, 11) is 0. The summed E-state index contributed by atoms with van der Waals surface area (Å²) in [6, 6.07) is 14.0. The first-order chi connectivity index (χ1) is 15.3. The van der Waals surface area contributed by atoms with Crippen molar-refractivity contribution >= 4 is 52.0 Å². The van der Waals surface area contributed by atoms with E-state index in [0.717, 1.165) is 10.6 Å². The minimum absolute atomic E-state index is 0.0869.